The molecule has 1 heterocycles. The fourth-order valence-electron chi connectivity index (χ4n) is 2.95. The van der Waals surface area contributed by atoms with E-state index in [1.165, 1.54) is 0 Å². The van der Waals surface area contributed by atoms with E-state index in [-0.39, 0.29) is 13.2 Å². The van der Waals surface area contributed by atoms with Crippen molar-refractivity contribution in [2.24, 2.45) is 5.11 Å². The van der Waals surface area contributed by atoms with Gasteiger partial charge in [-0.3, -0.25) is 0 Å². The molecule has 2 aromatic carbocycles. The van der Waals surface area contributed by atoms with Gasteiger partial charge in [0, 0.05) is 4.91 Å². The van der Waals surface area contributed by atoms with Crippen LogP contribution in [0.1, 0.15) is 27.6 Å². The largest absolute Gasteiger partial charge is 0.459 e. The van der Waals surface area contributed by atoms with E-state index < -0.39 is 29.7 Å². The first-order valence-electron chi connectivity index (χ1n) is 8.69. The molecule has 0 saturated carbocycles. The fourth-order valence-corrected chi connectivity index (χ4v) is 2.95. The van der Waals surface area contributed by atoms with E-state index in [4.69, 9.17) is 19.7 Å². The van der Waals surface area contributed by atoms with Crippen molar-refractivity contribution in [3.8, 4) is 0 Å². The minimum absolute atomic E-state index is 0.0390. The van der Waals surface area contributed by atoms with Gasteiger partial charge in [0.15, 0.2) is 0 Å². The Balaban J connectivity index is 1.73. The van der Waals surface area contributed by atoms with Crippen LogP contribution in [0.15, 0.2) is 65.8 Å². The molecular weight excluding hydrogens is 362 g/mol. The van der Waals surface area contributed by atoms with Crippen LogP contribution < -0.4 is 0 Å². The molecule has 0 N–H and O–H groups in total. The molecule has 144 valence electrons. The zero-order valence-electron chi connectivity index (χ0n) is 15.2. The average Bonchev–Trinajstić information content (AvgIpc) is 3.03. The SMILES string of the molecule is C[C@]1(N=[N+]=[N-])CO[C@H](COC(=O)c2ccccc2)[C@H]1OC(=O)c1ccccc1. The number of hydrogen-bond donors (Lipinski definition) is 0. The third-order valence-corrected chi connectivity index (χ3v) is 4.45. The Morgan fingerprint density at radius 1 is 1.11 bits per heavy atom. The van der Waals surface area contributed by atoms with Crippen LogP contribution in [0.5, 0.6) is 0 Å². The van der Waals surface area contributed by atoms with Gasteiger partial charge in [-0.25, -0.2) is 9.59 Å². The Bertz CT molecular complexity index is 883. The predicted molar refractivity (Wildman–Crippen MR) is 99.7 cm³/mol. The van der Waals surface area contributed by atoms with Crippen LogP contribution in [0.25, 0.3) is 10.4 Å². The molecule has 2 aromatic rings. The summed E-state index contributed by atoms with van der Waals surface area (Å²) in [6, 6.07) is 17.0. The Hall–Kier alpha value is -3.35. The Labute approximate surface area is 161 Å². The topological polar surface area (TPSA) is 111 Å². The van der Waals surface area contributed by atoms with Crippen LogP contribution in [0.3, 0.4) is 0 Å². The van der Waals surface area contributed by atoms with Gasteiger partial charge in [-0.1, -0.05) is 41.5 Å². The maximum Gasteiger partial charge on any atom is 0.338 e. The lowest BCUT2D eigenvalue weighted by Crippen LogP contribution is -2.44. The van der Waals surface area contributed by atoms with E-state index in [1.54, 1.807) is 67.6 Å². The lowest BCUT2D eigenvalue weighted by atomic mass is 9.96. The normalized spacial score (nSPS) is 23.5. The highest BCUT2D eigenvalue weighted by atomic mass is 16.6. The van der Waals surface area contributed by atoms with Crippen molar-refractivity contribution in [1.29, 1.82) is 0 Å². The summed E-state index contributed by atoms with van der Waals surface area (Å²) < 4.78 is 16.5. The van der Waals surface area contributed by atoms with Crippen molar-refractivity contribution in [3.05, 3.63) is 82.2 Å². The van der Waals surface area contributed by atoms with Crippen LogP contribution in [0.4, 0.5) is 0 Å². The number of nitrogens with zero attached hydrogens (tertiary/aromatic N) is 3. The first-order valence-corrected chi connectivity index (χ1v) is 8.69. The monoisotopic (exact) mass is 381 g/mol. The molecule has 0 aromatic heterocycles. The van der Waals surface area contributed by atoms with Crippen LogP contribution >= 0.6 is 0 Å². The van der Waals surface area contributed by atoms with E-state index >= 15 is 0 Å². The summed E-state index contributed by atoms with van der Waals surface area (Å²) in [4.78, 5) is 27.5. The third kappa shape index (κ3) is 4.31. The molecule has 3 atom stereocenters. The predicted octanol–water partition coefficient (Wildman–Crippen LogP) is 3.54. The van der Waals surface area contributed by atoms with E-state index in [0.29, 0.717) is 11.1 Å². The molecule has 1 fully saturated rings. The Kier molecular flexibility index (Phi) is 5.93. The number of hydrogen-bond acceptors (Lipinski definition) is 6. The molecule has 1 aliphatic heterocycles. The molecule has 0 radical (unpaired) electrons. The minimum atomic E-state index is -1.11. The van der Waals surface area contributed by atoms with Gasteiger partial charge < -0.3 is 14.2 Å². The first kappa shape index (κ1) is 19.4. The zero-order chi connectivity index (χ0) is 20.0. The van der Waals surface area contributed by atoms with Crippen LogP contribution in [-0.4, -0.2) is 42.9 Å². The molecule has 3 rings (SSSR count). The summed E-state index contributed by atoms with van der Waals surface area (Å²) in [5, 5.41) is 3.76. The number of rotatable bonds is 6. The molecule has 1 aliphatic rings. The average molecular weight is 381 g/mol. The highest BCUT2D eigenvalue weighted by molar-refractivity contribution is 5.90. The summed E-state index contributed by atoms with van der Waals surface area (Å²) in [5.41, 5.74) is 8.54. The van der Waals surface area contributed by atoms with E-state index in [0.717, 1.165) is 0 Å². The molecule has 0 aliphatic carbocycles. The number of esters is 2. The fraction of sp³-hybridized carbons (Fsp3) is 0.300. The van der Waals surface area contributed by atoms with Crippen molar-refractivity contribution in [1.82, 2.24) is 0 Å². The van der Waals surface area contributed by atoms with Crippen molar-refractivity contribution in [2.75, 3.05) is 13.2 Å². The first-order chi connectivity index (χ1) is 13.5. The van der Waals surface area contributed by atoms with E-state index in [2.05, 4.69) is 10.0 Å². The van der Waals surface area contributed by atoms with Crippen molar-refractivity contribution in [2.45, 2.75) is 24.7 Å². The van der Waals surface area contributed by atoms with Crippen LogP contribution in [-0.2, 0) is 14.2 Å². The van der Waals surface area contributed by atoms with Gasteiger partial charge in [-0.15, -0.1) is 0 Å². The number of azide groups is 1. The third-order valence-electron chi connectivity index (χ3n) is 4.45. The summed E-state index contributed by atoms with van der Waals surface area (Å²) in [6.07, 6.45) is -1.66. The van der Waals surface area contributed by atoms with Crippen molar-refractivity contribution in [3.63, 3.8) is 0 Å². The smallest absolute Gasteiger partial charge is 0.338 e. The number of carbonyl (C=O) groups is 2. The lowest BCUT2D eigenvalue weighted by Gasteiger charge is -2.27. The van der Waals surface area contributed by atoms with Gasteiger partial charge in [0.05, 0.1) is 17.7 Å². The Morgan fingerprint density at radius 3 is 2.25 bits per heavy atom. The molecular formula is C20H19N3O5. The van der Waals surface area contributed by atoms with Crippen LogP contribution in [0, 0.1) is 0 Å². The molecule has 0 unspecified atom stereocenters. The van der Waals surface area contributed by atoms with E-state index in [1.807, 2.05) is 0 Å². The van der Waals surface area contributed by atoms with Gasteiger partial charge in [0.1, 0.15) is 24.4 Å². The molecule has 28 heavy (non-hydrogen) atoms. The minimum Gasteiger partial charge on any atom is -0.459 e. The van der Waals surface area contributed by atoms with Gasteiger partial charge in [0.2, 0.25) is 0 Å². The van der Waals surface area contributed by atoms with Gasteiger partial charge in [-0.05, 0) is 36.7 Å². The second-order valence-electron chi connectivity index (χ2n) is 6.55. The summed E-state index contributed by atoms with van der Waals surface area (Å²) >= 11 is 0. The molecule has 0 bridgehead atoms. The molecule has 8 nitrogen and oxygen atoms in total. The lowest BCUT2D eigenvalue weighted by molar-refractivity contribution is -0.0320. The Morgan fingerprint density at radius 2 is 1.68 bits per heavy atom. The van der Waals surface area contributed by atoms with Gasteiger partial charge >= 0.3 is 11.9 Å². The quantitative estimate of drug-likeness (QED) is 0.329. The number of ether oxygens (including phenoxy) is 3. The highest BCUT2D eigenvalue weighted by Crippen LogP contribution is 2.32. The molecule has 8 heteroatoms. The molecule has 0 amide bonds. The summed E-state index contributed by atoms with van der Waals surface area (Å²) in [7, 11) is 0. The second kappa shape index (κ2) is 8.56. The second-order valence-corrected chi connectivity index (χ2v) is 6.55. The zero-order valence-corrected chi connectivity index (χ0v) is 15.2. The van der Waals surface area contributed by atoms with Crippen LogP contribution in [0.2, 0.25) is 0 Å². The van der Waals surface area contributed by atoms with E-state index in [9.17, 15) is 9.59 Å². The summed E-state index contributed by atoms with van der Waals surface area (Å²) in [5.74, 6) is -1.09. The number of carbonyl (C=O) groups excluding carboxylic acids is 2. The highest BCUT2D eigenvalue weighted by Gasteiger charge is 2.49. The van der Waals surface area contributed by atoms with Gasteiger partial charge in [-0.2, -0.15) is 0 Å². The summed E-state index contributed by atoms with van der Waals surface area (Å²) in [6.45, 7) is 1.53. The molecule has 1 saturated heterocycles. The van der Waals surface area contributed by atoms with Crippen molar-refractivity contribution >= 4 is 11.9 Å². The molecule has 0 spiro atoms. The van der Waals surface area contributed by atoms with Crippen molar-refractivity contribution < 1.29 is 23.8 Å². The standard InChI is InChI=1S/C20H19N3O5/c1-20(22-23-21)13-27-16(12-26-18(24)14-8-4-2-5-9-14)17(20)28-19(25)15-10-6-3-7-11-15/h2-11,16-17H,12-13H2,1H3/t16-,17-,20+/m1/s1. The maximum absolute atomic E-state index is 12.5. The maximum atomic E-state index is 12.5. The van der Waals surface area contributed by atoms with Gasteiger partial charge in [0.25, 0.3) is 0 Å². The number of benzene rings is 2.